The summed E-state index contributed by atoms with van der Waals surface area (Å²) in [6.45, 7) is 2.56. The van der Waals surface area contributed by atoms with Crippen LogP contribution in [0.5, 0.6) is 0 Å². The van der Waals surface area contributed by atoms with Gasteiger partial charge in [-0.3, -0.25) is 9.59 Å². The van der Waals surface area contributed by atoms with Crippen molar-refractivity contribution in [1.82, 2.24) is 5.32 Å². The fourth-order valence-electron chi connectivity index (χ4n) is 4.21. The average molecular weight is 432 g/mol. The minimum atomic E-state index is -1.13. The minimum absolute atomic E-state index is 0.159. The van der Waals surface area contributed by atoms with E-state index in [-0.39, 0.29) is 5.91 Å². The fourth-order valence-corrected chi connectivity index (χ4v) is 4.21. The lowest BCUT2D eigenvalue weighted by atomic mass is 9.78. The number of aliphatic carboxylic acids is 1. The second-order valence-electron chi connectivity index (χ2n) is 8.52. The van der Waals surface area contributed by atoms with Gasteiger partial charge in [-0.25, -0.2) is 4.79 Å². The number of carboxylic acid groups (broad SMARTS) is 1. The number of benzene rings is 1. The monoisotopic (exact) mass is 431 g/mol. The normalized spacial score (nSPS) is 19.4. The first kappa shape index (κ1) is 24.9. The maximum atomic E-state index is 12.8. The number of carbonyl (C=O) groups excluding carboxylic acids is 2. The zero-order valence-electron chi connectivity index (χ0n) is 18.7. The lowest BCUT2D eigenvalue weighted by Gasteiger charge is -2.30. The molecule has 1 aliphatic rings. The highest BCUT2D eigenvalue weighted by molar-refractivity contribution is 5.86. The summed E-state index contributed by atoms with van der Waals surface area (Å²) in [4.78, 5) is 37.2. The molecule has 1 aromatic rings. The van der Waals surface area contributed by atoms with Crippen LogP contribution in [0.4, 0.5) is 0 Å². The molecule has 6 nitrogen and oxygen atoms in total. The Kier molecular flexibility index (Phi) is 11.1. The Labute approximate surface area is 185 Å². The third-order valence-corrected chi connectivity index (χ3v) is 6.07. The highest BCUT2D eigenvalue weighted by atomic mass is 16.6. The zero-order valence-corrected chi connectivity index (χ0v) is 18.7. The second kappa shape index (κ2) is 13.8. The van der Waals surface area contributed by atoms with Gasteiger partial charge in [0.25, 0.3) is 0 Å². The van der Waals surface area contributed by atoms with Gasteiger partial charge in [0, 0.05) is 6.54 Å². The summed E-state index contributed by atoms with van der Waals surface area (Å²) < 4.78 is 5.40. The van der Waals surface area contributed by atoms with Crippen molar-refractivity contribution in [2.45, 2.75) is 90.2 Å². The van der Waals surface area contributed by atoms with Crippen molar-refractivity contribution in [3.05, 3.63) is 35.9 Å². The number of amides is 1. The standard InChI is InChI=1S/C25H37NO5/c1-2-3-4-5-6-10-17-22(24(28)29)31-25(30)21-16-12-11-15-20(21)23(27)26-18-19-13-8-7-9-14-19/h7-9,13-14,20-22H,2-6,10-12,15-18H2,1H3,(H,26,27)(H,28,29). The zero-order chi connectivity index (χ0) is 22.5. The van der Waals surface area contributed by atoms with Crippen LogP contribution in [0.25, 0.3) is 0 Å². The van der Waals surface area contributed by atoms with Crippen molar-refractivity contribution >= 4 is 17.8 Å². The number of rotatable bonds is 13. The van der Waals surface area contributed by atoms with Gasteiger partial charge in [0.05, 0.1) is 11.8 Å². The first-order valence-corrected chi connectivity index (χ1v) is 11.8. The van der Waals surface area contributed by atoms with Gasteiger partial charge in [-0.05, 0) is 31.2 Å². The Bertz CT molecular complexity index is 690. The summed E-state index contributed by atoms with van der Waals surface area (Å²) in [5, 5.41) is 12.4. The van der Waals surface area contributed by atoms with E-state index in [4.69, 9.17) is 4.74 Å². The molecule has 0 spiro atoms. The Morgan fingerprint density at radius 2 is 1.65 bits per heavy atom. The quantitative estimate of drug-likeness (QED) is 0.344. The van der Waals surface area contributed by atoms with E-state index in [0.29, 0.717) is 25.8 Å². The van der Waals surface area contributed by atoms with Crippen molar-refractivity contribution in [2.75, 3.05) is 0 Å². The van der Waals surface area contributed by atoms with Crippen LogP contribution in [0.2, 0.25) is 0 Å². The minimum Gasteiger partial charge on any atom is -0.479 e. The number of carbonyl (C=O) groups is 3. The van der Waals surface area contributed by atoms with Gasteiger partial charge in [0.2, 0.25) is 5.91 Å². The van der Waals surface area contributed by atoms with E-state index in [1.54, 1.807) is 0 Å². The first-order chi connectivity index (χ1) is 15.0. The molecule has 0 bridgehead atoms. The Balaban J connectivity index is 1.87. The molecule has 1 aromatic carbocycles. The molecule has 3 unspecified atom stereocenters. The van der Waals surface area contributed by atoms with E-state index >= 15 is 0 Å². The first-order valence-electron chi connectivity index (χ1n) is 11.8. The number of nitrogens with one attached hydrogen (secondary N) is 1. The number of esters is 1. The van der Waals surface area contributed by atoms with E-state index in [1.165, 1.54) is 6.42 Å². The van der Waals surface area contributed by atoms with E-state index in [2.05, 4.69) is 12.2 Å². The van der Waals surface area contributed by atoms with Gasteiger partial charge in [0.15, 0.2) is 6.10 Å². The number of hydrogen-bond acceptors (Lipinski definition) is 4. The molecule has 172 valence electrons. The third-order valence-electron chi connectivity index (χ3n) is 6.07. The summed E-state index contributed by atoms with van der Waals surface area (Å²) >= 11 is 0. The lowest BCUT2D eigenvalue weighted by molar-refractivity contribution is -0.170. The van der Waals surface area contributed by atoms with E-state index in [0.717, 1.165) is 50.5 Å². The molecule has 1 aliphatic carbocycles. The van der Waals surface area contributed by atoms with Gasteiger partial charge in [-0.1, -0.05) is 82.2 Å². The van der Waals surface area contributed by atoms with Crippen LogP contribution in [-0.2, 0) is 25.7 Å². The van der Waals surface area contributed by atoms with E-state index < -0.39 is 29.9 Å². The predicted octanol–water partition coefficient (Wildman–Crippen LogP) is 4.86. The summed E-state index contributed by atoms with van der Waals surface area (Å²) in [6.07, 6.45) is 8.33. The molecule has 3 atom stereocenters. The molecule has 6 heteroatoms. The van der Waals surface area contributed by atoms with Crippen LogP contribution in [0.15, 0.2) is 30.3 Å². The highest BCUT2D eigenvalue weighted by Crippen LogP contribution is 2.32. The summed E-state index contributed by atoms with van der Waals surface area (Å²) in [5.74, 6) is -2.85. The molecule has 31 heavy (non-hydrogen) atoms. The number of unbranched alkanes of at least 4 members (excludes halogenated alkanes) is 5. The van der Waals surface area contributed by atoms with Gasteiger partial charge in [-0.2, -0.15) is 0 Å². The van der Waals surface area contributed by atoms with Gasteiger partial charge in [-0.15, -0.1) is 0 Å². The molecule has 2 N–H and O–H groups in total. The van der Waals surface area contributed by atoms with E-state index in [9.17, 15) is 19.5 Å². The number of ether oxygens (including phenoxy) is 1. The Morgan fingerprint density at radius 1 is 1.00 bits per heavy atom. The van der Waals surface area contributed by atoms with Crippen molar-refractivity contribution < 1.29 is 24.2 Å². The average Bonchev–Trinajstić information content (AvgIpc) is 2.79. The van der Waals surface area contributed by atoms with Crippen molar-refractivity contribution in [1.29, 1.82) is 0 Å². The summed E-state index contributed by atoms with van der Waals surface area (Å²) in [7, 11) is 0. The third kappa shape index (κ3) is 8.72. The molecule has 0 radical (unpaired) electrons. The van der Waals surface area contributed by atoms with Crippen LogP contribution in [0.3, 0.4) is 0 Å². The van der Waals surface area contributed by atoms with Crippen LogP contribution in [0.1, 0.15) is 83.1 Å². The molecular formula is C25H37NO5. The van der Waals surface area contributed by atoms with E-state index in [1.807, 2.05) is 30.3 Å². The van der Waals surface area contributed by atoms with Crippen LogP contribution >= 0.6 is 0 Å². The molecule has 0 heterocycles. The smallest absolute Gasteiger partial charge is 0.345 e. The largest absolute Gasteiger partial charge is 0.479 e. The molecule has 0 aliphatic heterocycles. The molecule has 2 rings (SSSR count). The maximum absolute atomic E-state index is 12.8. The van der Waals surface area contributed by atoms with Crippen molar-refractivity contribution in [3.63, 3.8) is 0 Å². The summed E-state index contributed by atoms with van der Waals surface area (Å²) in [6, 6.07) is 9.62. The lowest BCUT2D eigenvalue weighted by Crippen LogP contribution is -2.41. The van der Waals surface area contributed by atoms with Crippen LogP contribution < -0.4 is 5.32 Å². The topological polar surface area (TPSA) is 92.7 Å². The van der Waals surface area contributed by atoms with Crippen molar-refractivity contribution in [3.8, 4) is 0 Å². The van der Waals surface area contributed by atoms with Crippen molar-refractivity contribution in [2.24, 2.45) is 11.8 Å². The molecule has 1 amide bonds. The molecular weight excluding hydrogens is 394 g/mol. The maximum Gasteiger partial charge on any atom is 0.345 e. The second-order valence-corrected chi connectivity index (χ2v) is 8.52. The number of hydrogen-bond donors (Lipinski definition) is 2. The van der Waals surface area contributed by atoms with Crippen LogP contribution in [0, 0.1) is 11.8 Å². The van der Waals surface area contributed by atoms with Gasteiger partial charge in [0.1, 0.15) is 0 Å². The van der Waals surface area contributed by atoms with Gasteiger partial charge >= 0.3 is 11.9 Å². The van der Waals surface area contributed by atoms with Gasteiger partial charge < -0.3 is 15.2 Å². The Morgan fingerprint density at radius 3 is 2.32 bits per heavy atom. The fraction of sp³-hybridized carbons (Fsp3) is 0.640. The summed E-state index contributed by atoms with van der Waals surface area (Å²) in [5.41, 5.74) is 0.996. The highest BCUT2D eigenvalue weighted by Gasteiger charge is 2.38. The molecule has 0 aromatic heterocycles. The predicted molar refractivity (Wildman–Crippen MR) is 119 cm³/mol. The van der Waals surface area contributed by atoms with Crippen LogP contribution in [-0.4, -0.2) is 29.1 Å². The molecule has 1 saturated carbocycles. The Hall–Kier alpha value is -2.37. The SMILES string of the molecule is CCCCCCCCC(OC(=O)C1CCCCC1C(=O)NCc1ccccc1)C(=O)O. The molecule has 0 saturated heterocycles. The molecule has 1 fully saturated rings. The number of carboxylic acids is 1.